The van der Waals surface area contributed by atoms with Crippen LogP contribution < -0.4 is 11.1 Å². The lowest BCUT2D eigenvalue weighted by Gasteiger charge is -2.15. The van der Waals surface area contributed by atoms with Crippen LogP contribution in [0.4, 0.5) is 11.4 Å². The Labute approximate surface area is 111 Å². The quantitative estimate of drug-likeness (QED) is 0.735. The molecule has 2 aromatic rings. The van der Waals surface area contributed by atoms with Gasteiger partial charge in [0, 0.05) is 11.4 Å². The number of furan rings is 1. The van der Waals surface area contributed by atoms with E-state index < -0.39 is 5.97 Å². The van der Waals surface area contributed by atoms with Crippen molar-refractivity contribution in [3.8, 4) is 0 Å². The van der Waals surface area contributed by atoms with Gasteiger partial charge in [0.15, 0.2) is 0 Å². The number of carboxylic acid groups (broad SMARTS) is 1. The topological polar surface area (TPSA) is 88.5 Å². The van der Waals surface area contributed by atoms with E-state index in [1.165, 1.54) is 6.07 Å². The molecule has 5 heteroatoms. The van der Waals surface area contributed by atoms with E-state index in [4.69, 9.17) is 15.3 Å². The number of rotatable bonds is 4. The zero-order valence-electron chi connectivity index (χ0n) is 10.8. The predicted octanol–water partition coefficient (Wildman–Crippen LogP) is 3.04. The van der Waals surface area contributed by atoms with Gasteiger partial charge in [-0.2, -0.15) is 0 Å². The van der Waals surface area contributed by atoms with E-state index in [1.807, 2.05) is 26.0 Å². The Morgan fingerprint density at radius 2 is 2.11 bits per heavy atom. The van der Waals surface area contributed by atoms with Gasteiger partial charge in [-0.1, -0.05) is 0 Å². The highest BCUT2D eigenvalue weighted by Crippen LogP contribution is 2.25. The molecule has 1 atom stereocenters. The molecule has 100 valence electrons. The van der Waals surface area contributed by atoms with Crippen LogP contribution in [0, 0.1) is 6.92 Å². The van der Waals surface area contributed by atoms with E-state index in [0.717, 1.165) is 11.5 Å². The predicted molar refractivity (Wildman–Crippen MR) is 73.3 cm³/mol. The van der Waals surface area contributed by atoms with Gasteiger partial charge in [-0.15, -0.1) is 0 Å². The Balaban J connectivity index is 2.26. The summed E-state index contributed by atoms with van der Waals surface area (Å²) in [4.78, 5) is 11.2. The van der Waals surface area contributed by atoms with Gasteiger partial charge in [-0.05, 0) is 44.2 Å². The molecule has 0 spiro atoms. The molecule has 1 unspecified atom stereocenters. The maximum Gasteiger partial charge on any atom is 0.337 e. The molecule has 0 fully saturated rings. The van der Waals surface area contributed by atoms with E-state index in [1.54, 1.807) is 12.1 Å². The third-order valence-corrected chi connectivity index (χ3v) is 2.83. The monoisotopic (exact) mass is 260 g/mol. The Kier molecular flexibility index (Phi) is 3.46. The molecule has 1 heterocycles. The van der Waals surface area contributed by atoms with Crippen LogP contribution in [0.3, 0.4) is 0 Å². The summed E-state index contributed by atoms with van der Waals surface area (Å²) < 4.78 is 5.51. The fourth-order valence-corrected chi connectivity index (χ4v) is 1.86. The summed E-state index contributed by atoms with van der Waals surface area (Å²) in [6.07, 6.45) is 0. The molecule has 0 radical (unpaired) electrons. The van der Waals surface area contributed by atoms with Crippen LogP contribution in [0.25, 0.3) is 0 Å². The highest BCUT2D eigenvalue weighted by molar-refractivity contribution is 5.95. The minimum atomic E-state index is -1.02. The number of nitrogens with one attached hydrogen (secondary N) is 1. The van der Waals surface area contributed by atoms with Crippen molar-refractivity contribution in [2.24, 2.45) is 0 Å². The van der Waals surface area contributed by atoms with E-state index in [0.29, 0.717) is 11.4 Å². The summed E-state index contributed by atoms with van der Waals surface area (Å²) in [7, 11) is 0. The standard InChI is InChI=1S/C14H16N2O3/c1-8-3-6-13(19-8)9(2)16-12-5-4-10(15)7-11(12)14(17)18/h3-7,9,16H,15H2,1-2H3,(H,17,18). The van der Waals surface area contributed by atoms with Gasteiger partial charge in [0.05, 0.1) is 11.6 Å². The van der Waals surface area contributed by atoms with Gasteiger partial charge in [-0.3, -0.25) is 0 Å². The number of nitrogen functional groups attached to an aromatic ring is 1. The maximum absolute atomic E-state index is 11.2. The molecule has 0 saturated heterocycles. The smallest absolute Gasteiger partial charge is 0.337 e. The first-order valence-corrected chi connectivity index (χ1v) is 5.93. The van der Waals surface area contributed by atoms with Crippen LogP contribution in [-0.2, 0) is 0 Å². The number of anilines is 2. The summed E-state index contributed by atoms with van der Waals surface area (Å²) in [6.45, 7) is 3.77. The lowest BCUT2D eigenvalue weighted by molar-refractivity contribution is 0.0698. The average molecular weight is 260 g/mol. The van der Waals surface area contributed by atoms with Crippen LogP contribution in [0.5, 0.6) is 0 Å². The largest absolute Gasteiger partial charge is 0.478 e. The molecule has 1 aromatic carbocycles. The number of aryl methyl sites for hydroxylation is 1. The third-order valence-electron chi connectivity index (χ3n) is 2.83. The molecule has 0 aliphatic carbocycles. The van der Waals surface area contributed by atoms with Crippen molar-refractivity contribution >= 4 is 17.3 Å². The first kappa shape index (κ1) is 13.0. The number of nitrogens with two attached hydrogens (primary N) is 1. The highest BCUT2D eigenvalue weighted by Gasteiger charge is 2.15. The molecule has 5 nitrogen and oxygen atoms in total. The molecule has 0 amide bonds. The van der Waals surface area contributed by atoms with Gasteiger partial charge >= 0.3 is 5.97 Å². The average Bonchev–Trinajstić information content (AvgIpc) is 2.78. The van der Waals surface area contributed by atoms with Gasteiger partial charge in [0.2, 0.25) is 0 Å². The van der Waals surface area contributed by atoms with Crippen molar-refractivity contribution in [1.29, 1.82) is 0 Å². The van der Waals surface area contributed by atoms with Crippen molar-refractivity contribution in [1.82, 2.24) is 0 Å². The molecule has 0 aliphatic rings. The number of benzene rings is 1. The molecular formula is C14H16N2O3. The van der Waals surface area contributed by atoms with Crippen LogP contribution in [0.15, 0.2) is 34.7 Å². The zero-order valence-corrected chi connectivity index (χ0v) is 10.8. The SMILES string of the molecule is Cc1ccc(C(C)Nc2ccc(N)cc2C(=O)O)o1. The van der Waals surface area contributed by atoms with Crippen molar-refractivity contribution < 1.29 is 14.3 Å². The third kappa shape index (κ3) is 2.88. The Bertz CT molecular complexity index is 604. The molecular weight excluding hydrogens is 244 g/mol. The number of carboxylic acids is 1. The normalized spacial score (nSPS) is 12.1. The summed E-state index contributed by atoms with van der Waals surface area (Å²) in [5.41, 5.74) is 6.69. The summed E-state index contributed by atoms with van der Waals surface area (Å²) in [6, 6.07) is 8.36. The number of hydrogen-bond acceptors (Lipinski definition) is 4. The first-order chi connectivity index (χ1) is 8.97. The highest BCUT2D eigenvalue weighted by atomic mass is 16.4. The summed E-state index contributed by atoms with van der Waals surface area (Å²) >= 11 is 0. The molecule has 1 aromatic heterocycles. The number of aromatic carboxylic acids is 1. The number of hydrogen-bond donors (Lipinski definition) is 3. The zero-order chi connectivity index (χ0) is 14.0. The van der Waals surface area contributed by atoms with Crippen LogP contribution in [0.2, 0.25) is 0 Å². The van der Waals surface area contributed by atoms with Gasteiger partial charge in [0.1, 0.15) is 11.5 Å². The first-order valence-electron chi connectivity index (χ1n) is 5.93. The minimum absolute atomic E-state index is 0.129. The van der Waals surface area contributed by atoms with Crippen molar-refractivity contribution in [3.05, 3.63) is 47.4 Å². The lowest BCUT2D eigenvalue weighted by atomic mass is 10.1. The van der Waals surface area contributed by atoms with Crippen molar-refractivity contribution in [2.45, 2.75) is 19.9 Å². The Morgan fingerprint density at radius 1 is 1.37 bits per heavy atom. The fraction of sp³-hybridized carbons (Fsp3) is 0.214. The summed E-state index contributed by atoms with van der Waals surface area (Å²) in [5, 5.41) is 12.3. The Hall–Kier alpha value is -2.43. The molecule has 0 bridgehead atoms. The second-order valence-corrected chi connectivity index (χ2v) is 4.42. The van der Waals surface area contributed by atoms with Crippen LogP contribution in [-0.4, -0.2) is 11.1 Å². The molecule has 0 aliphatic heterocycles. The second kappa shape index (κ2) is 5.06. The number of carbonyl (C=O) groups is 1. The second-order valence-electron chi connectivity index (χ2n) is 4.42. The molecule has 4 N–H and O–H groups in total. The fourth-order valence-electron chi connectivity index (χ4n) is 1.86. The van der Waals surface area contributed by atoms with E-state index >= 15 is 0 Å². The lowest BCUT2D eigenvalue weighted by Crippen LogP contribution is -2.10. The van der Waals surface area contributed by atoms with Crippen LogP contribution >= 0.6 is 0 Å². The molecule has 19 heavy (non-hydrogen) atoms. The maximum atomic E-state index is 11.2. The van der Waals surface area contributed by atoms with Gasteiger partial charge in [-0.25, -0.2) is 4.79 Å². The van der Waals surface area contributed by atoms with Gasteiger partial charge in [0.25, 0.3) is 0 Å². The molecule has 0 saturated carbocycles. The van der Waals surface area contributed by atoms with E-state index in [2.05, 4.69) is 5.32 Å². The van der Waals surface area contributed by atoms with E-state index in [9.17, 15) is 4.79 Å². The van der Waals surface area contributed by atoms with Crippen LogP contribution in [0.1, 0.15) is 34.8 Å². The molecule has 2 rings (SSSR count). The van der Waals surface area contributed by atoms with Crippen molar-refractivity contribution in [3.63, 3.8) is 0 Å². The Morgan fingerprint density at radius 3 is 2.68 bits per heavy atom. The summed E-state index contributed by atoms with van der Waals surface area (Å²) in [5.74, 6) is 0.558. The van der Waals surface area contributed by atoms with E-state index in [-0.39, 0.29) is 11.6 Å². The van der Waals surface area contributed by atoms with Gasteiger partial charge < -0.3 is 20.6 Å². The van der Waals surface area contributed by atoms with Crippen molar-refractivity contribution in [2.75, 3.05) is 11.1 Å². The minimum Gasteiger partial charge on any atom is -0.478 e.